The van der Waals surface area contributed by atoms with Crippen molar-refractivity contribution in [3.63, 3.8) is 0 Å². The standard InChI is InChI=1S/C5H13N.2C3H9N/c1-4-6(3)5-2;2*1-4(2)3/h4-5H2,1-3H3;2*1-3H3. The Morgan fingerprint density at radius 2 is 0.714 bits per heavy atom. The minimum Gasteiger partial charge on any atom is -0.312 e. The molecular formula is C11H31N3. The van der Waals surface area contributed by atoms with E-state index in [1.54, 1.807) is 0 Å². The van der Waals surface area contributed by atoms with Crippen LogP contribution in [-0.4, -0.2) is 77.1 Å². The summed E-state index contributed by atoms with van der Waals surface area (Å²) in [6, 6.07) is 0. The van der Waals surface area contributed by atoms with Gasteiger partial charge in [0.25, 0.3) is 0 Å². The zero-order valence-electron chi connectivity index (χ0n) is 11.8. The van der Waals surface area contributed by atoms with Gasteiger partial charge >= 0.3 is 0 Å². The molecule has 0 N–H and O–H groups in total. The molecule has 0 bridgehead atoms. The van der Waals surface area contributed by atoms with Gasteiger partial charge in [0.05, 0.1) is 0 Å². The Morgan fingerprint density at radius 1 is 0.571 bits per heavy atom. The molecule has 0 fully saturated rings. The van der Waals surface area contributed by atoms with Gasteiger partial charge in [-0.15, -0.1) is 0 Å². The minimum atomic E-state index is 1.16. The lowest BCUT2D eigenvalue weighted by molar-refractivity contribution is 0.373. The molecule has 0 aromatic heterocycles. The van der Waals surface area contributed by atoms with Crippen molar-refractivity contribution >= 4 is 0 Å². The van der Waals surface area contributed by atoms with Gasteiger partial charge in [-0.2, -0.15) is 0 Å². The number of hydrogen-bond donors (Lipinski definition) is 0. The van der Waals surface area contributed by atoms with Crippen molar-refractivity contribution in [2.45, 2.75) is 13.8 Å². The maximum Gasteiger partial charge on any atom is -0.00504 e. The van der Waals surface area contributed by atoms with E-state index in [9.17, 15) is 0 Å². The van der Waals surface area contributed by atoms with Crippen molar-refractivity contribution in [1.82, 2.24) is 14.7 Å². The van der Waals surface area contributed by atoms with Crippen molar-refractivity contribution in [2.24, 2.45) is 0 Å². The van der Waals surface area contributed by atoms with Crippen molar-refractivity contribution < 1.29 is 0 Å². The molecule has 0 saturated heterocycles. The van der Waals surface area contributed by atoms with Crippen LogP contribution in [0.2, 0.25) is 0 Å². The highest BCUT2D eigenvalue weighted by Gasteiger charge is 1.81. The Bertz CT molecular complexity index is 67.1. The minimum absolute atomic E-state index is 1.16. The molecule has 0 atom stereocenters. The molecule has 90 valence electrons. The summed E-state index contributed by atoms with van der Waals surface area (Å²) in [6.07, 6.45) is 0. The molecular weight excluding hydrogens is 174 g/mol. The quantitative estimate of drug-likeness (QED) is 0.673. The molecule has 14 heavy (non-hydrogen) atoms. The first kappa shape index (κ1) is 19.5. The van der Waals surface area contributed by atoms with Gasteiger partial charge in [0.15, 0.2) is 0 Å². The van der Waals surface area contributed by atoms with Crippen LogP contribution in [0.15, 0.2) is 0 Å². The van der Waals surface area contributed by atoms with Crippen molar-refractivity contribution in [3.05, 3.63) is 0 Å². The lowest BCUT2D eigenvalue weighted by Crippen LogP contribution is -2.15. The van der Waals surface area contributed by atoms with Crippen LogP contribution in [0.3, 0.4) is 0 Å². The summed E-state index contributed by atoms with van der Waals surface area (Å²) in [5.74, 6) is 0. The Kier molecular flexibility index (Phi) is 21.3. The highest BCUT2D eigenvalue weighted by molar-refractivity contribution is 4.36. The van der Waals surface area contributed by atoms with E-state index in [0.29, 0.717) is 0 Å². The van der Waals surface area contributed by atoms with Crippen LogP contribution in [0.1, 0.15) is 13.8 Å². The molecule has 0 heterocycles. The molecule has 0 aromatic carbocycles. The highest BCUT2D eigenvalue weighted by atomic mass is 15.1. The second kappa shape index (κ2) is 15.4. The largest absolute Gasteiger partial charge is 0.312 e. The third-order valence-corrected chi connectivity index (χ3v) is 1.08. The highest BCUT2D eigenvalue weighted by Crippen LogP contribution is 1.73. The SMILES string of the molecule is CCN(C)CC.CN(C)C.CN(C)C. The van der Waals surface area contributed by atoms with Gasteiger partial charge in [-0.25, -0.2) is 0 Å². The fourth-order valence-corrected chi connectivity index (χ4v) is 0.224. The van der Waals surface area contributed by atoms with Gasteiger partial charge in [0.2, 0.25) is 0 Å². The Hall–Kier alpha value is -0.120. The smallest absolute Gasteiger partial charge is 0.00504 e. The molecule has 0 aliphatic carbocycles. The van der Waals surface area contributed by atoms with E-state index in [2.05, 4.69) is 25.8 Å². The molecule has 0 saturated carbocycles. The summed E-state index contributed by atoms with van der Waals surface area (Å²) in [5, 5.41) is 0. The molecule has 0 amide bonds. The maximum absolute atomic E-state index is 2.25. The van der Waals surface area contributed by atoms with Crippen LogP contribution >= 0.6 is 0 Å². The van der Waals surface area contributed by atoms with Crippen molar-refractivity contribution in [3.8, 4) is 0 Å². The van der Waals surface area contributed by atoms with E-state index in [1.165, 1.54) is 0 Å². The zero-order valence-corrected chi connectivity index (χ0v) is 11.8. The van der Waals surface area contributed by atoms with Crippen LogP contribution in [-0.2, 0) is 0 Å². The third kappa shape index (κ3) is 93.4. The summed E-state index contributed by atoms with van der Waals surface area (Å²) in [4.78, 5) is 6.25. The summed E-state index contributed by atoms with van der Waals surface area (Å²) in [7, 11) is 14.1. The zero-order chi connectivity index (χ0) is 12.1. The fraction of sp³-hybridized carbons (Fsp3) is 1.00. The lowest BCUT2D eigenvalue weighted by atomic mass is 10.6. The molecule has 0 aliphatic heterocycles. The second-order valence-electron chi connectivity index (χ2n) is 4.17. The summed E-state index contributed by atoms with van der Waals surface area (Å²) in [5.41, 5.74) is 0. The first-order chi connectivity index (χ1) is 6.27. The second-order valence-corrected chi connectivity index (χ2v) is 4.17. The Morgan fingerprint density at radius 3 is 0.714 bits per heavy atom. The van der Waals surface area contributed by atoms with Gasteiger partial charge < -0.3 is 14.7 Å². The first-order valence-electron chi connectivity index (χ1n) is 5.18. The van der Waals surface area contributed by atoms with E-state index in [-0.39, 0.29) is 0 Å². The van der Waals surface area contributed by atoms with Gasteiger partial charge in [-0.05, 0) is 62.4 Å². The number of hydrogen-bond acceptors (Lipinski definition) is 3. The molecule has 3 heteroatoms. The van der Waals surface area contributed by atoms with Crippen LogP contribution in [0.25, 0.3) is 0 Å². The lowest BCUT2D eigenvalue weighted by Gasteiger charge is -2.07. The predicted molar refractivity (Wildman–Crippen MR) is 68.1 cm³/mol. The maximum atomic E-state index is 2.25. The molecule has 0 aromatic rings. The van der Waals surface area contributed by atoms with Crippen molar-refractivity contribution in [2.75, 3.05) is 62.4 Å². The van der Waals surface area contributed by atoms with Gasteiger partial charge in [0.1, 0.15) is 0 Å². The molecule has 0 radical (unpaired) electrons. The van der Waals surface area contributed by atoms with Gasteiger partial charge in [-0.3, -0.25) is 0 Å². The van der Waals surface area contributed by atoms with Gasteiger partial charge in [0, 0.05) is 0 Å². The fourth-order valence-electron chi connectivity index (χ4n) is 0.224. The molecule has 3 nitrogen and oxygen atoms in total. The van der Waals surface area contributed by atoms with E-state index in [4.69, 9.17) is 0 Å². The first-order valence-corrected chi connectivity index (χ1v) is 5.18. The number of nitrogens with zero attached hydrogens (tertiary/aromatic N) is 3. The van der Waals surface area contributed by atoms with E-state index in [1.807, 2.05) is 52.1 Å². The normalized spacial score (nSPS) is 9.43. The summed E-state index contributed by atoms with van der Waals surface area (Å²) in [6.45, 7) is 6.64. The molecule has 0 unspecified atom stereocenters. The Balaban J connectivity index is -0.000000135. The Labute approximate surface area is 91.7 Å². The summed E-state index contributed by atoms with van der Waals surface area (Å²) < 4.78 is 0. The van der Waals surface area contributed by atoms with Gasteiger partial charge in [-0.1, -0.05) is 13.8 Å². The van der Waals surface area contributed by atoms with Crippen LogP contribution in [0.5, 0.6) is 0 Å². The molecule has 0 rings (SSSR count). The third-order valence-electron chi connectivity index (χ3n) is 1.08. The summed E-state index contributed by atoms with van der Waals surface area (Å²) >= 11 is 0. The molecule has 0 aliphatic rings. The van der Waals surface area contributed by atoms with Crippen LogP contribution in [0.4, 0.5) is 0 Å². The average molecular weight is 205 g/mol. The monoisotopic (exact) mass is 205 g/mol. The van der Waals surface area contributed by atoms with Crippen LogP contribution < -0.4 is 0 Å². The number of rotatable bonds is 2. The van der Waals surface area contributed by atoms with E-state index in [0.717, 1.165) is 13.1 Å². The van der Waals surface area contributed by atoms with E-state index >= 15 is 0 Å². The average Bonchev–Trinajstić information content (AvgIpc) is 2.01. The van der Waals surface area contributed by atoms with Crippen LogP contribution in [0, 0.1) is 0 Å². The van der Waals surface area contributed by atoms with E-state index < -0.39 is 0 Å². The topological polar surface area (TPSA) is 9.72 Å². The molecule has 0 spiro atoms. The van der Waals surface area contributed by atoms with Crippen molar-refractivity contribution in [1.29, 1.82) is 0 Å². The predicted octanol–water partition coefficient (Wildman–Crippen LogP) is 1.31.